The Hall–Kier alpha value is -3.10. The van der Waals surface area contributed by atoms with Gasteiger partial charge in [0.05, 0.1) is 12.5 Å². The number of carbonyl (C=O) groups excluding carboxylic acids is 4. The quantitative estimate of drug-likeness (QED) is 0.544. The van der Waals surface area contributed by atoms with E-state index in [9.17, 15) is 19.2 Å². The molecule has 0 saturated heterocycles. The first-order valence-electron chi connectivity index (χ1n) is 8.56. The van der Waals surface area contributed by atoms with Crippen molar-refractivity contribution < 1.29 is 33.1 Å². The number of nitrogens with one attached hydrogen (secondary N) is 1. The fraction of sp³-hybridized carbons (Fsp3) is 0.444. The monoisotopic (exact) mass is 378 g/mol. The van der Waals surface area contributed by atoms with Gasteiger partial charge in [-0.05, 0) is 33.1 Å². The molecule has 1 aromatic rings. The van der Waals surface area contributed by atoms with Crippen molar-refractivity contribution in [3.8, 4) is 0 Å². The first kappa shape index (κ1) is 20.2. The van der Waals surface area contributed by atoms with E-state index in [1.54, 1.807) is 6.92 Å². The molecule has 27 heavy (non-hydrogen) atoms. The molecule has 3 N–H and O–H groups in total. The van der Waals surface area contributed by atoms with Crippen LogP contribution < -0.4 is 11.1 Å². The van der Waals surface area contributed by atoms with E-state index in [-0.39, 0.29) is 35.3 Å². The molecular formula is C18H22N2O7. The Morgan fingerprint density at radius 1 is 1.22 bits per heavy atom. The SMILES string of the molecule is CCOC(=O)c1c(C)oc(NC(=O)COC(=O)[C@H]2CC=CCC2)c1C(N)=O. The van der Waals surface area contributed by atoms with Gasteiger partial charge in [0, 0.05) is 0 Å². The van der Waals surface area contributed by atoms with Crippen LogP contribution in [0.1, 0.15) is 52.7 Å². The molecular weight excluding hydrogens is 356 g/mol. The molecule has 9 nitrogen and oxygen atoms in total. The van der Waals surface area contributed by atoms with Crippen molar-refractivity contribution in [2.45, 2.75) is 33.1 Å². The van der Waals surface area contributed by atoms with Gasteiger partial charge in [-0.25, -0.2) is 4.79 Å². The van der Waals surface area contributed by atoms with Crippen LogP contribution in [-0.4, -0.2) is 37.0 Å². The molecule has 2 amide bonds. The highest BCUT2D eigenvalue weighted by molar-refractivity contribution is 6.10. The van der Waals surface area contributed by atoms with Gasteiger partial charge in [-0.2, -0.15) is 0 Å². The lowest BCUT2D eigenvalue weighted by molar-refractivity contribution is -0.151. The number of hydrogen-bond donors (Lipinski definition) is 2. The Morgan fingerprint density at radius 2 is 1.96 bits per heavy atom. The number of nitrogens with two attached hydrogens (primary N) is 1. The van der Waals surface area contributed by atoms with Gasteiger partial charge in [-0.3, -0.25) is 19.7 Å². The molecule has 0 spiro atoms. The smallest absolute Gasteiger partial charge is 0.342 e. The van der Waals surface area contributed by atoms with Crippen molar-refractivity contribution in [1.29, 1.82) is 0 Å². The summed E-state index contributed by atoms with van der Waals surface area (Å²) in [5.41, 5.74) is 4.87. The highest BCUT2D eigenvalue weighted by Gasteiger charge is 2.29. The lowest BCUT2D eigenvalue weighted by Crippen LogP contribution is -2.26. The van der Waals surface area contributed by atoms with Crippen LogP contribution in [0, 0.1) is 12.8 Å². The number of ether oxygens (including phenoxy) is 2. The van der Waals surface area contributed by atoms with Gasteiger partial charge in [-0.1, -0.05) is 12.2 Å². The van der Waals surface area contributed by atoms with Gasteiger partial charge >= 0.3 is 11.9 Å². The van der Waals surface area contributed by atoms with Crippen molar-refractivity contribution in [2.24, 2.45) is 11.7 Å². The molecule has 0 bridgehead atoms. The van der Waals surface area contributed by atoms with Crippen LogP contribution in [0.25, 0.3) is 0 Å². The number of anilines is 1. The number of furan rings is 1. The van der Waals surface area contributed by atoms with E-state index in [0.717, 1.165) is 6.42 Å². The van der Waals surface area contributed by atoms with Gasteiger partial charge in [0.1, 0.15) is 16.9 Å². The number of primary amides is 1. The van der Waals surface area contributed by atoms with E-state index in [4.69, 9.17) is 19.6 Å². The number of allylic oxidation sites excluding steroid dienone is 2. The fourth-order valence-electron chi connectivity index (χ4n) is 2.74. The molecule has 9 heteroatoms. The van der Waals surface area contributed by atoms with Gasteiger partial charge in [0.15, 0.2) is 6.61 Å². The van der Waals surface area contributed by atoms with Crippen molar-refractivity contribution in [3.05, 3.63) is 29.0 Å². The fourth-order valence-corrected chi connectivity index (χ4v) is 2.74. The predicted octanol–water partition coefficient (Wildman–Crippen LogP) is 1.70. The van der Waals surface area contributed by atoms with Crippen molar-refractivity contribution in [1.82, 2.24) is 0 Å². The van der Waals surface area contributed by atoms with Crippen LogP contribution in [0.3, 0.4) is 0 Å². The number of esters is 2. The summed E-state index contributed by atoms with van der Waals surface area (Å²) in [5, 5.41) is 2.30. The third-order valence-corrected chi connectivity index (χ3v) is 4.01. The Morgan fingerprint density at radius 3 is 2.56 bits per heavy atom. The second-order valence-corrected chi connectivity index (χ2v) is 5.96. The van der Waals surface area contributed by atoms with Crippen LogP contribution >= 0.6 is 0 Å². The lowest BCUT2D eigenvalue weighted by Gasteiger charge is -2.16. The van der Waals surface area contributed by atoms with Crippen LogP contribution in [-0.2, 0) is 19.1 Å². The number of hydrogen-bond acceptors (Lipinski definition) is 7. The molecule has 0 saturated carbocycles. The highest BCUT2D eigenvalue weighted by Crippen LogP contribution is 2.27. The van der Waals surface area contributed by atoms with E-state index >= 15 is 0 Å². The molecule has 1 heterocycles. The first-order chi connectivity index (χ1) is 12.8. The van der Waals surface area contributed by atoms with Gasteiger partial charge in [0.2, 0.25) is 5.88 Å². The summed E-state index contributed by atoms with van der Waals surface area (Å²) < 4.78 is 15.2. The zero-order valence-electron chi connectivity index (χ0n) is 15.2. The van der Waals surface area contributed by atoms with E-state index < -0.39 is 30.4 Å². The zero-order valence-corrected chi connectivity index (χ0v) is 15.2. The summed E-state index contributed by atoms with van der Waals surface area (Å²) in [5.74, 6) is -3.42. The molecule has 146 valence electrons. The van der Waals surface area contributed by atoms with Crippen LogP contribution in [0.15, 0.2) is 16.6 Å². The minimum absolute atomic E-state index is 0.0727. The third kappa shape index (κ3) is 4.96. The highest BCUT2D eigenvalue weighted by atomic mass is 16.5. The molecule has 0 unspecified atom stereocenters. The molecule has 1 aliphatic rings. The maximum Gasteiger partial charge on any atom is 0.342 e. The van der Waals surface area contributed by atoms with Crippen molar-refractivity contribution in [2.75, 3.05) is 18.5 Å². The van der Waals surface area contributed by atoms with Gasteiger partial charge in [-0.15, -0.1) is 0 Å². The second-order valence-electron chi connectivity index (χ2n) is 5.96. The first-order valence-corrected chi connectivity index (χ1v) is 8.56. The minimum atomic E-state index is -0.962. The van der Waals surface area contributed by atoms with E-state index in [0.29, 0.717) is 12.8 Å². The van der Waals surface area contributed by atoms with Gasteiger partial charge in [0.25, 0.3) is 11.8 Å². The second kappa shape index (κ2) is 9.02. The maximum atomic E-state index is 12.1. The zero-order chi connectivity index (χ0) is 20.0. The number of aryl methyl sites for hydroxylation is 1. The lowest BCUT2D eigenvalue weighted by atomic mass is 9.95. The minimum Gasteiger partial charge on any atom is -0.462 e. The van der Waals surface area contributed by atoms with E-state index in [1.165, 1.54) is 6.92 Å². The summed E-state index contributed by atoms with van der Waals surface area (Å²) in [6.07, 6.45) is 5.92. The molecule has 0 fully saturated rings. The van der Waals surface area contributed by atoms with Crippen LogP contribution in [0.2, 0.25) is 0 Å². The molecule has 1 aromatic heterocycles. The molecule has 0 aromatic carbocycles. The Labute approximate surface area is 155 Å². The Kier molecular flexibility index (Phi) is 6.75. The van der Waals surface area contributed by atoms with Crippen LogP contribution in [0.4, 0.5) is 5.88 Å². The molecule has 2 rings (SSSR count). The van der Waals surface area contributed by atoms with Gasteiger partial charge < -0.3 is 19.6 Å². The summed E-state index contributed by atoms with van der Waals surface area (Å²) in [7, 11) is 0. The summed E-state index contributed by atoms with van der Waals surface area (Å²) >= 11 is 0. The third-order valence-electron chi connectivity index (χ3n) is 4.01. The predicted molar refractivity (Wildman–Crippen MR) is 94.0 cm³/mol. The molecule has 0 radical (unpaired) electrons. The average Bonchev–Trinajstić information content (AvgIpc) is 2.96. The number of carbonyl (C=O) groups is 4. The molecule has 1 atom stereocenters. The number of amides is 2. The topological polar surface area (TPSA) is 138 Å². The molecule has 0 aliphatic heterocycles. The Balaban J connectivity index is 2.05. The summed E-state index contributed by atoms with van der Waals surface area (Å²) in [6.45, 7) is 2.59. The van der Waals surface area contributed by atoms with Crippen molar-refractivity contribution in [3.63, 3.8) is 0 Å². The van der Waals surface area contributed by atoms with E-state index in [1.807, 2.05) is 12.2 Å². The largest absolute Gasteiger partial charge is 0.462 e. The van der Waals surface area contributed by atoms with Crippen LogP contribution in [0.5, 0.6) is 0 Å². The summed E-state index contributed by atoms with van der Waals surface area (Å²) in [4.78, 5) is 47.7. The average molecular weight is 378 g/mol. The van der Waals surface area contributed by atoms with E-state index in [2.05, 4.69) is 5.32 Å². The maximum absolute atomic E-state index is 12.1. The standard InChI is InChI=1S/C18H22N2O7/c1-3-25-18(24)13-10(2)27-16(14(13)15(19)22)20-12(21)9-26-17(23)11-7-5-4-6-8-11/h4-5,11H,3,6-9H2,1-2H3,(H2,19,22)(H,20,21)/t11-/m0/s1. The van der Waals surface area contributed by atoms with Crippen molar-refractivity contribution >= 4 is 29.6 Å². The Bertz CT molecular complexity index is 779. The summed E-state index contributed by atoms with van der Waals surface area (Å²) in [6, 6.07) is 0. The number of rotatable bonds is 7. The normalized spacial score (nSPS) is 15.9. The molecule has 1 aliphatic carbocycles.